The molecule has 0 radical (unpaired) electrons. The fourth-order valence-electron chi connectivity index (χ4n) is 3.39. The lowest BCUT2D eigenvalue weighted by atomic mass is 10.2. The standard InChI is InChI=1S/C19H23N5O2/c25-18(16-7-8-20-19(22-16)24-9-3-4-10-24)21-15-5-1-2-6-17(15)23-11-13-26-14-12-23/h1-2,5-8H,3-4,9-14H2,(H,21,25). The lowest BCUT2D eigenvalue weighted by molar-refractivity contribution is 0.102. The summed E-state index contributed by atoms with van der Waals surface area (Å²) in [5, 5.41) is 3.01. The molecular weight excluding hydrogens is 330 g/mol. The van der Waals surface area contributed by atoms with Gasteiger partial charge in [0.1, 0.15) is 5.69 Å². The SMILES string of the molecule is O=C(Nc1ccccc1N1CCOCC1)c1ccnc(N2CCCC2)n1. The zero-order valence-electron chi connectivity index (χ0n) is 14.7. The van der Waals surface area contributed by atoms with Gasteiger partial charge in [-0.15, -0.1) is 0 Å². The second kappa shape index (κ2) is 7.70. The van der Waals surface area contributed by atoms with Gasteiger partial charge in [0.05, 0.1) is 24.6 Å². The number of anilines is 3. The molecule has 7 nitrogen and oxygen atoms in total. The summed E-state index contributed by atoms with van der Waals surface area (Å²) in [6, 6.07) is 9.51. The molecule has 3 heterocycles. The first-order chi connectivity index (χ1) is 12.8. The van der Waals surface area contributed by atoms with E-state index in [2.05, 4.69) is 25.1 Å². The van der Waals surface area contributed by atoms with E-state index in [1.165, 1.54) is 0 Å². The zero-order valence-corrected chi connectivity index (χ0v) is 14.7. The highest BCUT2D eigenvalue weighted by Crippen LogP contribution is 2.27. The Morgan fingerprint density at radius 1 is 1.00 bits per heavy atom. The second-order valence-electron chi connectivity index (χ2n) is 6.51. The summed E-state index contributed by atoms with van der Waals surface area (Å²) in [4.78, 5) is 25.9. The lowest BCUT2D eigenvalue weighted by Crippen LogP contribution is -2.36. The van der Waals surface area contributed by atoms with Gasteiger partial charge >= 0.3 is 0 Å². The van der Waals surface area contributed by atoms with E-state index >= 15 is 0 Å². The number of para-hydroxylation sites is 2. The normalized spacial score (nSPS) is 17.4. The van der Waals surface area contributed by atoms with Gasteiger partial charge in [-0.05, 0) is 31.0 Å². The smallest absolute Gasteiger partial charge is 0.274 e. The van der Waals surface area contributed by atoms with E-state index in [4.69, 9.17) is 4.74 Å². The minimum absolute atomic E-state index is 0.214. The van der Waals surface area contributed by atoms with Crippen LogP contribution < -0.4 is 15.1 Å². The lowest BCUT2D eigenvalue weighted by Gasteiger charge is -2.30. The maximum Gasteiger partial charge on any atom is 0.274 e. The number of nitrogens with zero attached hydrogens (tertiary/aromatic N) is 4. The molecule has 2 aromatic rings. The van der Waals surface area contributed by atoms with Crippen molar-refractivity contribution < 1.29 is 9.53 Å². The first kappa shape index (κ1) is 16.8. The summed E-state index contributed by atoms with van der Waals surface area (Å²) < 4.78 is 5.42. The minimum atomic E-state index is -0.214. The van der Waals surface area contributed by atoms with Crippen molar-refractivity contribution in [1.82, 2.24) is 9.97 Å². The summed E-state index contributed by atoms with van der Waals surface area (Å²) in [6.45, 7) is 4.94. The van der Waals surface area contributed by atoms with Crippen molar-refractivity contribution in [3.63, 3.8) is 0 Å². The average molecular weight is 353 g/mol. The second-order valence-corrected chi connectivity index (χ2v) is 6.51. The van der Waals surface area contributed by atoms with Crippen LogP contribution in [0.5, 0.6) is 0 Å². The zero-order chi connectivity index (χ0) is 17.8. The number of aromatic nitrogens is 2. The largest absolute Gasteiger partial charge is 0.378 e. The molecule has 0 unspecified atom stereocenters. The van der Waals surface area contributed by atoms with Crippen molar-refractivity contribution in [2.75, 3.05) is 54.5 Å². The third kappa shape index (κ3) is 3.62. The van der Waals surface area contributed by atoms with E-state index in [1.807, 2.05) is 24.3 Å². The number of nitrogens with one attached hydrogen (secondary N) is 1. The number of amides is 1. The molecule has 2 aliphatic heterocycles. The van der Waals surface area contributed by atoms with Crippen LogP contribution in [0.2, 0.25) is 0 Å². The topological polar surface area (TPSA) is 70.6 Å². The number of morpholine rings is 1. The molecule has 1 aromatic carbocycles. The number of rotatable bonds is 4. The molecular formula is C19H23N5O2. The van der Waals surface area contributed by atoms with Gasteiger partial charge in [0.25, 0.3) is 5.91 Å². The van der Waals surface area contributed by atoms with Gasteiger partial charge in [-0.1, -0.05) is 12.1 Å². The quantitative estimate of drug-likeness (QED) is 0.908. The molecule has 136 valence electrons. The maximum atomic E-state index is 12.8. The van der Waals surface area contributed by atoms with Crippen LogP contribution in [-0.4, -0.2) is 55.3 Å². The Balaban J connectivity index is 1.52. The van der Waals surface area contributed by atoms with Crippen molar-refractivity contribution in [3.8, 4) is 0 Å². The van der Waals surface area contributed by atoms with Gasteiger partial charge in [0, 0.05) is 32.4 Å². The Kier molecular flexibility index (Phi) is 4.97. The summed E-state index contributed by atoms with van der Waals surface area (Å²) in [5.41, 5.74) is 2.19. The molecule has 0 bridgehead atoms. The van der Waals surface area contributed by atoms with Crippen molar-refractivity contribution in [2.24, 2.45) is 0 Å². The van der Waals surface area contributed by atoms with Crippen LogP contribution in [0.3, 0.4) is 0 Å². The van der Waals surface area contributed by atoms with E-state index in [1.54, 1.807) is 12.3 Å². The Morgan fingerprint density at radius 3 is 2.58 bits per heavy atom. The molecule has 7 heteroatoms. The molecule has 0 aliphatic carbocycles. The monoisotopic (exact) mass is 353 g/mol. The van der Waals surface area contributed by atoms with Crippen LogP contribution in [0.4, 0.5) is 17.3 Å². The molecule has 1 amide bonds. The third-order valence-corrected chi connectivity index (χ3v) is 4.77. The van der Waals surface area contributed by atoms with Crippen LogP contribution in [0.1, 0.15) is 23.3 Å². The molecule has 4 rings (SSSR count). The molecule has 0 atom stereocenters. The molecule has 1 aromatic heterocycles. The molecule has 2 saturated heterocycles. The van der Waals surface area contributed by atoms with E-state index in [0.29, 0.717) is 24.9 Å². The van der Waals surface area contributed by atoms with Gasteiger partial charge in [-0.25, -0.2) is 9.97 Å². The molecule has 0 spiro atoms. The number of carbonyl (C=O) groups is 1. The van der Waals surface area contributed by atoms with E-state index in [9.17, 15) is 4.79 Å². The summed E-state index contributed by atoms with van der Waals surface area (Å²) in [7, 11) is 0. The van der Waals surface area contributed by atoms with E-state index in [-0.39, 0.29) is 5.91 Å². The Morgan fingerprint density at radius 2 is 1.77 bits per heavy atom. The number of hydrogen-bond donors (Lipinski definition) is 1. The fourth-order valence-corrected chi connectivity index (χ4v) is 3.39. The van der Waals surface area contributed by atoms with Gasteiger partial charge in [0.15, 0.2) is 0 Å². The third-order valence-electron chi connectivity index (χ3n) is 4.77. The first-order valence-corrected chi connectivity index (χ1v) is 9.12. The molecule has 0 saturated carbocycles. The summed E-state index contributed by atoms with van der Waals surface area (Å²) >= 11 is 0. The van der Waals surface area contributed by atoms with E-state index in [0.717, 1.165) is 50.4 Å². The van der Waals surface area contributed by atoms with Crippen molar-refractivity contribution in [3.05, 3.63) is 42.2 Å². The van der Waals surface area contributed by atoms with Crippen molar-refractivity contribution in [2.45, 2.75) is 12.8 Å². The summed E-state index contributed by atoms with van der Waals surface area (Å²) in [5.74, 6) is 0.421. The minimum Gasteiger partial charge on any atom is -0.378 e. The molecule has 2 aliphatic rings. The summed E-state index contributed by atoms with van der Waals surface area (Å²) in [6.07, 6.45) is 3.95. The Labute approximate surface area is 153 Å². The Bertz CT molecular complexity index is 770. The highest BCUT2D eigenvalue weighted by Gasteiger charge is 2.19. The van der Waals surface area contributed by atoms with Gasteiger partial charge in [0.2, 0.25) is 5.95 Å². The average Bonchev–Trinajstić information content (AvgIpc) is 3.24. The van der Waals surface area contributed by atoms with Crippen molar-refractivity contribution in [1.29, 1.82) is 0 Å². The number of ether oxygens (including phenoxy) is 1. The van der Waals surface area contributed by atoms with Gasteiger partial charge in [-0.2, -0.15) is 0 Å². The van der Waals surface area contributed by atoms with Gasteiger partial charge in [-0.3, -0.25) is 4.79 Å². The molecule has 1 N–H and O–H groups in total. The van der Waals surface area contributed by atoms with Crippen LogP contribution in [-0.2, 0) is 4.74 Å². The number of carbonyl (C=O) groups excluding carboxylic acids is 1. The highest BCUT2D eigenvalue weighted by molar-refractivity contribution is 6.04. The van der Waals surface area contributed by atoms with Crippen LogP contribution in [0.15, 0.2) is 36.5 Å². The molecule has 26 heavy (non-hydrogen) atoms. The predicted octanol–water partition coefficient (Wildman–Crippen LogP) is 2.17. The fraction of sp³-hybridized carbons (Fsp3) is 0.421. The van der Waals surface area contributed by atoms with E-state index < -0.39 is 0 Å². The van der Waals surface area contributed by atoms with Crippen LogP contribution >= 0.6 is 0 Å². The maximum absolute atomic E-state index is 12.8. The predicted molar refractivity (Wildman–Crippen MR) is 101 cm³/mol. The van der Waals surface area contributed by atoms with Crippen LogP contribution in [0.25, 0.3) is 0 Å². The Hall–Kier alpha value is -2.67. The van der Waals surface area contributed by atoms with Crippen molar-refractivity contribution >= 4 is 23.2 Å². The number of benzene rings is 1. The van der Waals surface area contributed by atoms with Gasteiger partial charge < -0.3 is 19.9 Å². The van der Waals surface area contributed by atoms with Crippen LogP contribution in [0, 0.1) is 0 Å². The highest BCUT2D eigenvalue weighted by atomic mass is 16.5. The molecule has 2 fully saturated rings. The number of hydrogen-bond acceptors (Lipinski definition) is 6. The first-order valence-electron chi connectivity index (χ1n) is 9.12.